The first-order valence-corrected chi connectivity index (χ1v) is 13.7. The van der Waals surface area contributed by atoms with E-state index in [2.05, 4.69) is 46.3 Å². The van der Waals surface area contributed by atoms with Gasteiger partial charge in [0.15, 0.2) is 0 Å². The van der Waals surface area contributed by atoms with Gasteiger partial charge >= 0.3 is 6.01 Å². The van der Waals surface area contributed by atoms with Crippen LogP contribution in [-0.2, 0) is 6.42 Å². The third kappa shape index (κ3) is 6.55. The zero-order valence-corrected chi connectivity index (χ0v) is 23.4. The molecule has 5 aromatic heterocycles. The van der Waals surface area contributed by atoms with E-state index < -0.39 is 0 Å². The highest BCUT2D eigenvalue weighted by atomic mass is 32.1. The van der Waals surface area contributed by atoms with E-state index in [0.717, 1.165) is 33.2 Å². The molecule has 0 atom stereocenters. The molecule has 0 aliphatic heterocycles. The van der Waals surface area contributed by atoms with Crippen LogP contribution in [0, 0.1) is 0 Å². The first-order valence-electron chi connectivity index (χ1n) is 13.3. The Kier molecular flexibility index (Phi) is 8.09. The van der Waals surface area contributed by atoms with Crippen LogP contribution in [0.5, 0.6) is 0 Å². The molecule has 0 bridgehead atoms. The fourth-order valence-electron chi connectivity index (χ4n) is 4.32. The first-order chi connectivity index (χ1) is 21.1. The lowest BCUT2D eigenvalue weighted by Crippen LogP contribution is -2.41. The molecule has 43 heavy (non-hydrogen) atoms. The molecule has 2 aromatic carbocycles. The lowest BCUT2D eigenvalue weighted by atomic mass is 10.1. The monoisotopic (exact) mass is 587 g/mol. The maximum Gasteiger partial charge on any atom is 0.320 e. The molecular weight excluding hydrogens is 562 g/mol. The van der Waals surface area contributed by atoms with Gasteiger partial charge in [-0.25, -0.2) is 9.97 Å². The Morgan fingerprint density at radius 2 is 1.44 bits per heavy atom. The van der Waals surface area contributed by atoms with Gasteiger partial charge in [0.2, 0.25) is 0 Å². The number of hydrazine groups is 1. The highest BCUT2D eigenvalue weighted by Gasteiger charge is 2.14. The van der Waals surface area contributed by atoms with Gasteiger partial charge in [-0.2, -0.15) is 0 Å². The summed E-state index contributed by atoms with van der Waals surface area (Å²) in [6.07, 6.45) is 7.44. The van der Waals surface area contributed by atoms with E-state index in [1.54, 1.807) is 24.7 Å². The average molecular weight is 588 g/mol. The summed E-state index contributed by atoms with van der Waals surface area (Å²) >= 11 is 5.23. The molecular formula is C31H25N9O2S. The maximum absolute atomic E-state index is 12.2. The van der Waals surface area contributed by atoms with Crippen molar-refractivity contribution in [1.29, 1.82) is 0 Å². The third-order valence-corrected chi connectivity index (χ3v) is 6.60. The van der Waals surface area contributed by atoms with E-state index >= 15 is 0 Å². The van der Waals surface area contributed by atoms with E-state index in [1.165, 1.54) is 0 Å². The summed E-state index contributed by atoms with van der Waals surface area (Å²) in [6.45, 7) is 0. The number of aromatic nitrogens is 6. The van der Waals surface area contributed by atoms with Crippen LogP contribution in [0.2, 0.25) is 0 Å². The maximum atomic E-state index is 12.2. The zero-order chi connectivity index (χ0) is 29.4. The SMILES string of the molecule is O=C(NNC(=S)Cc1ccccc1)c1c[nH]c2ncccc12.c1ccc(Nc2nnc(-c3c[nH]c4ncccc34)o2)cc1. The number of carbonyl (C=O) groups excluding carboxylic acids is 1. The Morgan fingerprint density at radius 3 is 2.21 bits per heavy atom. The molecule has 12 heteroatoms. The van der Waals surface area contributed by atoms with Crippen molar-refractivity contribution in [2.45, 2.75) is 6.42 Å². The number of pyridine rings is 2. The molecule has 11 nitrogen and oxygen atoms in total. The molecule has 0 spiro atoms. The van der Waals surface area contributed by atoms with Crippen LogP contribution < -0.4 is 16.2 Å². The number of hydrogen-bond donors (Lipinski definition) is 5. The quantitative estimate of drug-likeness (QED) is 0.122. The zero-order valence-electron chi connectivity index (χ0n) is 22.6. The Hall–Kier alpha value is -5.88. The number of nitrogens with zero attached hydrogens (tertiary/aromatic N) is 4. The van der Waals surface area contributed by atoms with E-state index in [1.807, 2.05) is 85.1 Å². The molecule has 0 unspecified atom stereocenters. The number of rotatable bonds is 6. The normalized spacial score (nSPS) is 10.6. The summed E-state index contributed by atoms with van der Waals surface area (Å²) in [6, 6.07) is 27.3. The second-order valence-corrected chi connectivity index (χ2v) is 9.76. The number of anilines is 2. The van der Waals surface area contributed by atoms with Gasteiger partial charge in [-0.15, -0.1) is 5.10 Å². The number of carbonyl (C=O) groups is 1. The summed E-state index contributed by atoms with van der Waals surface area (Å²) < 4.78 is 5.66. The van der Waals surface area contributed by atoms with Crippen LogP contribution in [0.3, 0.4) is 0 Å². The summed E-state index contributed by atoms with van der Waals surface area (Å²) in [7, 11) is 0. The Balaban J connectivity index is 0.000000153. The van der Waals surface area contributed by atoms with E-state index in [0.29, 0.717) is 34.5 Å². The van der Waals surface area contributed by atoms with E-state index in [-0.39, 0.29) is 5.91 Å². The van der Waals surface area contributed by atoms with Crippen molar-refractivity contribution in [2.24, 2.45) is 0 Å². The van der Waals surface area contributed by atoms with E-state index in [4.69, 9.17) is 16.6 Å². The molecule has 0 saturated carbocycles. The topological polar surface area (TPSA) is 149 Å². The van der Waals surface area contributed by atoms with Crippen LogP contribution in [0.15, 0.2) is 114 Å². The van der Waals surface area contributed by atoms with Gasteiger partial charge in [0.25, 0.3) is 11.8 Å². The molecule has 0 aliphatic rings. The van der Waals surface area contributed by atoms with Gasteiger partial charge < -0.3 is 19.7 Å². The van der Waals surface area contributed by atoms with Gasteiger partial charge in [0.1, 0.15) is 11.3 Å². The lowest BCUT2D eigenvalue weighted by Gasteiger charge is -2.09. The number of H-pyrrole nitrogens is 2. The largest absolute Gasteiger partial charge is 0.403 e. The molecule has 5 heterocycles. The third-order valence-electron chi connectivity index (χ3n) is 6.35. The van der Waals surface area contributed by atoms with Crippen molar-refractivity contribution in [3.8, 4) is 11.5 Å². The molecule has 1 amide bonds. The van der Waals surface area contributed by atoms with Crippen molar-refractivity contribution in [3.63, 3.8) is 0 Å². The predicted molar refractivity (Wildman–Crippen MR) is 169 cm³/mol. The fraction of sp³-hybridized carbons (Fsp3) is 0.0323. The van der Waals surface area contributed by atoms with Crippen molar-refractivity contribution >= 4 is 56.9 Å². The van der Waals surface area contributed by atoms with Gasteiger partial charge in [0.05, 0.1) is 16.1 Å². The molecule has 0 aliphatic carbocycles. The van der Waals surface area contributed by atoms with Crippen molar-refractivity contribution in [1.82, 2.24) is 41.0 Å². The molecule has 0 saturated heterocycles. The Labute approximate surface area is 250 Å². The predicted octanol–water partition coefficient (Wildman–Crippen LogP) is 5.72. The first kappa shape index (κ1) is 27.3. The number of thiocarbonyl (C=S) groups is 1. The fourth-order valence-corrected chi connectivity index (χ4v) is 4.54. The minimum Gasteiger partial charge on any atom is -0.403 e. The summed E-state index contributed by atoms with van der Waals surface area (Å²) in [5.74, 6) is 0.197. The van der Waals surface area contributed by atoms with Crippen molar-refractivity contribution < 1.29 is 9.21 Å². The second-order valence-electron chi connectivity index (χ2n) is 9.27. The number of amides is 1. The summed E-state index contributed by atoms with van der Waals surface area (Å²) in [5, 5.41) is 12.9. The number of hydrogen-bond acceptors (Lipinski definition) is 8. The van der Waals surface area contributed by atoms with Gasteiger partial charge in [0, 0.05) is 47.7 Å². The van der Waals surface area contributed by atoms with Gasteiger partial charge in [-0.1, -0.05) is 65.8 Å². The molecule has 0 fully saturated rings. The number of nitrogens with one attached hydrogen (secondary N) is 5. The Morgan fingerprint density at radius 1 is 0.767 bits per heavy atom. The average Bonchev–Trinajstić information content (AvgIpc) is 3.80. The summed E-state index contributed by atoms with van der Waals surface area (Å²) in [4.78, 5) is 27.2. The van der Waals surface area contributed by atoms with Crippen LogP contribution in [0.1, 0.15) is 15.9 Å². The molecule has 7 rings (SSSR count). The second kappa shape index (κ2) is 12.7. The molecule has 0 radical (unpaired) electrons. The lowest BCUT2D eigenvalue weighted by molar-refractivity contribution is 0.0945. The van der Waals surface area contributed by atoms with Crippen molar-refractivity contribution in [2.75, 3.05) is 5.32 Å². The number of fused-ring (bicyclic) bond motifs is 2. The minimum absolute atomic E-state index is 0.255. The van der Waals surface area contributed by atoms with Crippen LogP contribution >= 0.6 is 12.2 Å². The van der Waals surface area contributed by atoms with Crippen LogP contribution in [0.25, 0.3) is 33.5 Å². The van der Waals surface area contributed by atoms with E-state index in [9.17, 15) is 4.79 Å². The number of aromatic amines is 2. The minimum atomic E-state index is -0.255. The van der Waals surface area contributed by atoms with Crippen molar-refractivity contribution in [3.05, 3.63) is 121 Å². The smallest absolute Gasteiger partial charge is 0.320 e. The van der Waals surface area contributed by atoms with Crippen LogP contribution in [-0.4, -0.2) is 41.0 Å². The van der Waals surface area contributed by atoms with Crippen LogP contribution in [0.4, 0.5) is 11.7 Å². The highest BCUT2D eigenvalue weighted by molar-refractivity contribution is 7.80. The summed E-state index contributed by atoms with van der Waals surface area (Å²) in [5.41, 5.74) is 10.2. The number of benzene rings is 2. The molecule has 5 N–H and O–H groups in total. The highest BCUT2D eigenvalue weighted by Crippen LogP contribution is 2.28. The number of para-hydroxylation sites is 1. The Bertz CT molecular complexity index is 1980. The van der Waals surface area contributed by atoms with Gasteiger partial charge in [-0.05, 0) is 42.0 Å². The molecule has 212 valence electrons. The standard InChI is InChI=1S/C16H14N4OS.C15H11N5O/c21-16(13-10-18-15-12(13)7-4-8-17-15)20-19-14(22)9-11-5-2-1-3-6-11;1-2-5-10(6-3-1)18-15-20-19-14(21-15)12-9-17-13-11(12)7-4-8-16-13/h1-8,10H,9H2,(H,17,18)(H,19,22)(H,20,21);1-9H,(H,16,17)(H,18,20). The van der Waals surface area contributed by atoms with Gasteiger partial charge in [-0.3, -0.25) is 15.6 Å². The molecule has 7 aromatic rings.